The van der Waals surface area contributed by atoms with Gasteiger partial charge in [0, 0.05) is 11.7 Å². The van der Waals surface area contributed by atoms with Crippen LogP contribution in [0.1, 0.15) is 29.9 Å². The van der Waals surface area contributed by atoms with Crippen molar-refractivity contribution in [3.8, 4) is 0 Å². The molecular formula is C21H22Cl2N4O. The molecule has 0 radical (unpaired) electrons. The summed E-state index contributed by atoms with van der Waals surface area (Å²) in [4.78, 5) is 12.3. The van der Waals surface area contributed by atoms with Crippen molar-refractivity contribution in [2.24, 2.45) is 0 Å². The molecule has 3 rings (SSSR count). The smallest absolute Gasteiger partial charge is 0.246 e. The number of rotatable bonds is 6. The molecule has 1 heterocycles. The van der Waals surface area contributed by atoms with Gasteiger partial charge in [-0.2, -0.15) is 5.10 Å². The highest BCUT2D eigenvalue weighted by Gasteiger charge is 2.13. The Hall–Kier alpha value is -2.50. The first-order chi connectivity index (χ1) is 13.3. The van der Waals surface area contributed by atoms with Gasteiger partial charge in [0.2, 0.25) is 5.91 Å². The minimum atomic E-state index is -0.198. The maximum atomic E-state index is 12.3. The molecule has 1 aromatic heterocycles. The van der Waals surface area contributed by atoms with Crippen molar-refractivity contribution in [1.29, 1.82) is 0 Å². The number of aryl methyl sites for hydroxylation is 1. The van der Waals surface area contributed by atoms with E-state index in [-0.39, 0.29) is 18.5 Å². The molecule has 0 saturated carbocycles. The maximum absolute atomic E-state index is 12.3. The van der Waals surface area contributed by atoms with Gasteiger partial charge >= 0.3 is 0 Å². The van der Waals surface area contributed by atoms with Crippen LogP contribution in [0.15, 0.2) is 48.5 Å². The Kier molecular flexibility index (Phi) is 6.27. The minimum absolute atomic E-state index is 0.0854. The number of hydrogen-bond donors (Lipinski definition) is 2. The molecule has 0 aliphatic rings. The lowest BCUT2D eigenvalue weighted by molar-refractivity contribution is -0.116. The van der Waals surface area contributed by atoms with Crippen molar-refractivity contribution in [1.82, 2.24) is 9.78 Å². The van der Waals surface area contributed by atoms with Crippen LogP contribution in [0.25, 0.3) is 0 Å². The Labute approximate surface area is 174 Å². The van der Waals surface area contributed by atoms with Crippen molar-refractivity contribution in [2.45, 2.75) is 33.4 Å². The van der Waals surface area contributed by atoms with E-state index in [9.17, 15) is 4.79 Å². The predicted molar refractivity (Wildman–Crippen MR) is 115 cm³/mol. The fraction of sp³-hybridized carbons (Fsp3) is 0.238. The molecule has 0 fully saturated rings. The highest BCUT2D eigenvalue weighted by Crippen LogP contribution is 2.29. The number of nitrogens with zero attached hydrogens (tertiary/aromatic N) is 2. The van der Waals surface area contributed by atoms with E-state index in [0.717, 1.165) is 11.4 Å². The number of hydrogen-bond acceptors (Lipinski definition) is 3. The standard InChI is InChI=1S/C21H22Cl2N4O/c1-13(16-7-5-4-6-8-16)24-19-10-9-17(11-18(19)22)25-20(28)12-27-15(3)21(23)14(2)26-27/h4-11,13,24H,12H2,1-3H3,(H,25,28). The monoisotopic (exact) mass is 416 g/mol. The first kappa shape index (κ1) is 20.2. The second-order valence-corrected chi connectivity index (χ2v) is 7.45. The van der Waals surface area contributed by atoms with Gasteiger partial charge in [0.05, 0.1) is 27.1 Å². The van der Waals surface area contributed by atoms with Crippen molar-refractivity contribution < 1.29 is 4.79 Å². The minimum Gasteiger partial charge on any atom is -0.377 e. The average Bonchev–Trinajstić information content (AvgIpc) is 2.91. The second kappa shape index (κ2) is 8.67. The molecule has 1 atom stereocenters. The van der Waals surface area contributed by atoms with E-state index in [1.807, 2.05) is 44.2 Å². The van der Waals surface area contributed by atoms with Crippen molar-refractivity contribution >= 4 is 40.5 Å². The van der Waals surface area contributed by atoms with Crippen LogP contribution in [0, 0.1) is 13.8 Å². The lowest BCUT2D eigenvalue weighted by Gasteiger charge is -2.17. The van der Waals surface area contributed by atoms with Gasteiger partial charge in [-0.05, 0) is 44.5 Å². The third-order valence-electron chi connectivity index (χ3n) is 4.51. The Balaban J connectivity index is 1.65. The quantitative estimate of drug-likeness (QED) is 0.548. The van der Waals surface area contributed by atoms with Crippen LogP contribution in [-0.4, -0.2) is 15.7 Å². The van der Waals surface area contributed by atoms with Gasteiger partial charge in [-0.3, -0.25) is 9.48 Å². The van der Waals surface area contributed by atoms with Crippen LogP contribution in [0.5, 0.6) is 0 Å². The van der Waals surface area contributed by atoms with E-state index in [1.54, 1.807) is 10.7 Å². The van der Waals surface area contributed by atoms with Crippen LogP contribution >= 0.6 is 23.2 Å². The van der Waals surface area contributed by atoms with Gasteiger partial charge in [0.15, 0.2) is 0 Å². The van der Waals surface area contributed by atoms with E-state index >= 15 is 0 Å². The van der Waals surface area contributed by atoms with Gasteiger partial charge < -0.3 is 10.6 Å². The molecule has 5 nitrogen and oxygen atoms in total. The molecular weight excluding hydrogens is 395 g/mol. The SMILES string of the molecule is Cc1nn(CC(=O)Nc2ccc(NC(C)c3ccccc3)c(Cl)c2)c(C)c1Cl. The third-order valence-corrected chi connectivity index (χ3v) is 5.37. The molecule has 28 heavy (non-hydrogen) atoms. The van der Waals surface area contributed by atoms with Gasteiger partial charge in [0.25, 0.3) is 0 Å². The number of carbonyl (C=O) groups excluding carboxylic acids is 1. The Morgan fingerprint density at radius 1 is 1.14 bits per heavy atom. The van der Waals surface area contributed by atoms with Gasteiger partial charge in [-0.25, -0.2) is 0 Å². The van der Waals surface area contributed by atoms with E-state index in [0.29, 0.717) is 21.4 Å². The van der Waals surface area contributed by atoms with E-state index < -0.39 is 0 Å². The summed E-state index contributed by atoms with van der Waals surface area (Å²) < 4.78 is 1.59. The number of carbonyl (C=O) groups is 1. The predicted octanol–water partition coefficient (Wildman–Crippen LogP) is 5.62. The highest BCUT2D eigenvalue weighted by molar-refractivity contribution is 6.33. The zero-order chi connectivity index (χ0) is 20.3. The summed E-state index contributed by atoms with van der Waals surface area (Å²) in [5, 5.41) is 11.6. The fourth-order valence-electron chi connectivity index (χ4n) is 2.93. The Morgan fingerprint density at radius 3 is 2.46 bits per heavy atom. The molecule has 0 aliphatic carbocycles. The largest absolute Gasteiger partial charge is 0.377 e. The lowest BCUT2D eigenvalue weighted by Crippen LogP contribution is -2.20. The molecule has 0 aliphatic heterocycles. The number of halogens is 2. The van der Waals surface area contributed by atoms with Crippen molar-refractivity contribution in [3.63, 3.8) is 0 Å². The first-order valence-electron chi connectivity index (χ1n) is 8.95. The van der Waals surface area contributed by atoms with Gasteiger partial charge in [0.1, 0.15) is 6.54 Å². The van der Waals surface area contributed by atoms with Gasteiger partial charge in [-0.15, -0.1) is 0 Å². The highest BCUT2D eigenvalue weighted by atomic mass is 35.5. The summed E-state index contributed by atoms with van der Waals surface area (Å²) in [6.45, 7) is 5.80. The summed E-state index contributed by atoms with van der Waals surface area (Å²) in [5.74, 6) is -0.198. The summed E-state index contributed by atoms with van der Waals surface area (Å²) in [6, 6.07) is 15.6. The van der Waals surface area contributed by atoms with Gasteiger partial charge in [-0.1, -0.05) is 53.5 Å². The molecule has 1 amide bonds. The van der Waals surface area contributed by atoms with Crippen LogP contribution in [0.4, 0.5) is 11.4 Å². The van der Waals surface area contributed by atoms with E-state index in [4.69, 9.17) is 23.2 Å². The summed E-state index contributed by atoms with van der Waals surface area (Å²) in [7, 11) is 0. The maximum Gasteiger partial charge on any atom is 0.246 e. The molecule has 0 bridgehead atoms. The first-order valence-corrected chi connectivity index (χ1v) is 9.71. The van der Waals surface area contributed by atoms with E-state index in [1.165, 1.54) is 5.56 Å². The zero-order valence-corrected chi connectivity index (χ0v) is 17.5. The van der Waals surface area contributed by atoms with Crippen LogP contribution in [-0.2, 0) is 11.3 Å². The van der Waals surface area contributed by atoms with Crippen molar-refractivity contribution in [2.75, 3.05) is 10.6 Å². The zero-order valence-electron chi connectivity index (χ0n) is 16.0. The fourth-order valence-corrected chi connectivity index (χ4v) is 3.30. The Bertz CT molecular complexity index is 986. The molecule has 0 saturated heterocycles. The van der Waals surface area contributed by atoms with Crippen LogP contribution in [0.2, 0.25) is 10.0 Å². The summed E-state index contributed by atoms with van der Waals surface area (Å²) in [6.07, 6.45) is 0. The van der Waals surface area contributed by atoms with Crippen LogP contribution < -0.4 is 10.6 Å². The molecule has 1 unspecified atom stereocenters. The third kappa shape index (κ3) is 4.66. The lowest BCUT2D eigenvalue weighted by atomic mass is 10.1. The Morgan fingerprint density at radius 2 is 1.86 bits per heavy atom. The van der Waals surface area contributed by atoms with E-state index in [2.05, 4.69) is 34.8 Å². The average molecular weight is 417 g/mol. The topological polar surface area (TPSA) is 59.0 Å². The normalized spacial score (nSPS) is 11.9. The molecule has 146 valence electrons. The molecule has 3 aromatic rings. The summed E-state index contributed by atoms with van der Waals surface area (Å²) >= 11 is 12.5. The van der Waals surface area contributed by atoms with Crippen molar-refractivity contribution in [3.05, 3.63) is 75.5 Å². The molecule has 2 aromatic carbocycles. The molecule has 0 spiro atoms. The van der Waals surface area contributed by atoms with Crippen LogP contribution in [0.3, 0.4) is 0 Å². The number of benzene rings is 2. The second-order valence-electron chi connectivity index (χ2n) is 6.66. The number of anilines is 2. The number of amides is 1. The number of aromatic nitrogens is 2. The molecule has 2 N–H and O–H groups in total. The molecule has 7 heteroatoms. The number of nitrogens with one attached hydrogen (secondary N) is 2. The summed E-state index contributed by atoms with van der Waals surface area (Å²) in [5.41, 5.74) is 4.07.